The molecule has 0 fully saturated rings. The Labute approximate surface area is 133 Å². The summed E-state index contributed by atoms with van der Waals surface area (Å²) in [6, 6.07) is 6.20. The summed E-state index contributed by atoms with van der Waals surface area (Å²) in [5, 5.41) is 0. The number of ether oxygens (including phenoxy) is 1. The Kier molecular flexibility index (Phi) is 4.81. The van der Waals surface area contributed by atoms with Crippen molar-refractivity contribution in [2.24, 2.45) is 0 Å². The first-order chi connectivity index (χ1) is 9.40. The molecule has 0 aliphatic heterocycles. The van der Waals surface area contributed by atoms with E-state index in [4.69, 9.17) is 4.74 Å². The zero-order valence-corrected chi connectivity index (χ0v) is 14.1. The van der Waals surface area contributed by atoms with Gasteiger partial charge >= 0.3 is 0 Å². The Bertz CT molecular complexity index is 634. The van der Waals surface area contributed by atoms with Crippen LogP contribution in [0.3, 0.4) is 0 Å². The van der Waals surface area contributed by atoms with Crippen LogP contribution in [0.25, 0.3) is 0 Å². The van der Waals surface area contributed by atoms with E-state index in [0.29, 0.717) is 5.75 Å². The van der Waals surface area contributed by atoms with Crippen LogP contribution in [-0.4, -0.2) is 0 Å². The van der Waals surface area contributed by atoms with Crippen molar-refractivity contribution in [1.29, 1.82) is 0 Å². The highest BCUT2D eigenvalue weighted by Gasteiger charge is 2.13. The fourth-order valence-corrected chi connectivity index (χ4v) is 2.45. The van der Waals surface area contributed by atoms with Crippen LogP contribution in [0.5, 0.6) is 5.75 Å². The summed E-state index contributed by atoms with van der Waals surface area (Å²) in [6.45, 7) is 3.71. The molecule has 0 unspecified atom stereocenters. The molecule has 0 saturated heterocycles. The molecule has 0 amide bonds. The SMILES string of the molecule is Cc1cc(OCc2c(F)ccc(Br)c2F)cc(C)c1Br. The summed E-state index contributed by atoms with van der Waals surface area (Å²) in [5.74, 6) is -0.659. The van der Waals surface area contributed by atoms with Gasteiger partial charge in [-0.3, -0.25) is 0 Å². The minimum absolute atomic E-state index is 0.0856. The van der Waals surface area contributed by atoms with E-state index in [9.17, 15) is 8.78 Å². The minimum atomic E-state index is -0.629. The normalized spacial score (nSPS) is 10.7. The van der Waals surface area contributed by atoms with Gasteiger partial charge < -0.3 is 4.74 Å². The van der Waals surface area contributed by atoms with Crippen molar-refractivity contribution < 1.29 is 13.5 Å². The summed E-state index contributed by atoms with van der Waals surface area (Å²) in [5.41, 5.74) is 1.93. The maximum absolute atomic E-state index is 13.8. The lowest BCUT2D eigenvalue weighted by Crippen LogP contribution is -2.03. The zero-order valence-electron chi connectivity index (χ0n) is 10.9. The highest BCUT2D eigenvalue weighted by atomic mass is 79.9. The smallest absolute Gasteiger partial charge is 0.146 e. The molecule has 0 bridgehead atoms. The summed E-state index contributed by atoms with van der Waals surface area (Å²) in [4.78, 5) is 0. The maximum atomic E-state index is 13.8. The van der Waals surface area contributed by atoms with Gasteiger partial charge in [0.05, 0.1) is 10.0 Å². The fraction of sp³-hybridized carbons (Fsp3) is 0.200. The van der Waals surface area contributed by atoms with Crippen LogP contribution in [-0.2, 0) is 6.61 Å². The Balaban J connectivity index is 2.24. The molecule has 2 aromatic rings. The second-order valence-electron chi connectivity index (χ2n) is 4.48. The Morgan fingerprint density at radius 2 is 1.65 bits per heavy atom. The average Bonchev–Trinajstić information content (AvgIpc) is 2.40. The van der Waals surface area contributed by atoms with E-state index in [2.05, 4.69) is 31.9 Å². The van der Waals surface area contributed by atoms with Crippen molar-refractivity contribution in [3.05, 3.63) is 61.5 Å². The van der Waals surface area contributed by atoms with Crippen molar-refractivity contribution in [3.8, 4) is 5.75 Å². The molecule has 2 aromatic carbocycles. The Hall–Kier alpha value is -0.940. The lowest BCUT2D eigenvalue weighted by molar-refractivity contribution is 0.292. The van der Waals surface area contributed by atoms with Gasteiger partial charge in [-0.15, -0.1) is 0 Å². The lowest BCUT2D eigenvalue weighted by Gasteiger charge is -2.11. The highest BCUT2D eigenvalue weighted by molar-refractivity contribution is 9.10. The van der Waals surface area contributed by atoms with E-state index in [-0.39, 0.29) is 16.6 Å². The van der Waals surface area contributed by atoms with Crippen LogP contribution >= 0.6 is 31.9 Å². The van der Waals surface area contributed by atoms with Gasteiger partial charge in [0.1, 0.15) is 24.0 Å². The van der Waals surface area contributed by atoms with Crippen LogP contribution in [0.4, 0.5) is 8.78 Å². The van der Waals surface area contributed by atoms with Crippen molar-refractivity contribution in [2.45, 2.75) is 20.5 Å². The Morgan fingerprint density at radius 3 is 2.25 bits per heavy atom. The molecule has 106 valence electrons. The van der Waals surface area contributed by atoms with Gasteiger partial charge in [-0.2, -0.15) is 0 Å². The van der Waals surface area contributed by atoms with Crippen molar-refractivity contribution in [3.63, 3.8) is 0 Å². The van der Waals surface area contributed by atoms with Gasteiger partial charge in [-0.25, -0.2) is 8.78 Å². The first kappa shape index (κ1) is 15.4. The van der Waals surface area contributed by atoms with Gasteiger partial charge in [-0.05, 0) is 65.2 Å². The molecule has 0 atom stereocenters. The standard InChI is InChI=1S/C15H12Br2F2O/c1-8-5-10(6-9(2)14(8)17)20-7-11-13(18)4-3-12(16)15(11)19/h3-6H,7H2,1-2H3. The number of rotatable bonds is 3. The molecule has 5 heteroatoms. The van der Waals surface area contributed by atoms with E-state index in [1.807, 2.05) is 26.0 Å². The van der Waals surface area contributed by atoms with Gasteiger partial charge in [0.2, 0.25) is 0 Å². The van der Waals surface area contributed by atoms with Gasteiger partial charge in [0, 0.05) is 4.47 Å². The van der Waals surface area contributed by atoms with Crippen LogP contribution in [0.2, 0.25) is 0 Å². The predicted molar refractivity (Wildman–Crippen MR) is 82.0 cm³/mol. The second kappa shape index (κ2) is 6.22. The summed E-state index contributed by atoms with van der Waals surface area (Å²) in [6.07, 6.45) is 0. The van der Waals surface area contributed by atoms with Crippen LogP contribution in [0, 0.1) is 25.5 Å². The third-order valence-electron chi connectivity index (χ3n) is 2.93. The van der Waals surface area contributed by atoms with Crippen molar-refractivity contribution in [2.75, 3.05) is 0 Å². The molecule has 0 aromatic heterocycles. The molecular formula is C15H12Br2F2O. The zero-order chi connectivity index (χ0) is 14.9. The number of hydrogen-bond acceptors (Lipinski definition) is 1. The summed E-state index contributed by atoms with van der Waals surface area (Å²) in [7, 11) is 0. The van der Waals surface area contributed by atoms with Gasteiger partial charge in [0.15, 0.2) is 0 Å². The van der Waals surface area contributed by atoms with Crippen LogP contribution in [0.1, 0.15) is 16.7 Å². The summed E-state index contributed by atoms with van der Waals surface area (Å²) < 4.78 is 34.2. The van der Waals surface area contributed by atoms with Gasteiger partial charge in [0.25, 0.3) is 0 Å². The molecule has 0 spiro atoms. The predicted octanol–water partition coefficient (Wildman–Crippen LogP) is 5.69. The fourth-order valence-electron chi connectivity index (χ4n) is 1.85. The van der Waals surface area contributed by atoms with E-state index in [0.717, 1.165) is 15.6 Å². The molecule has 0 aliphatic carbocycles. The first-order valence-corrected chi connectivity index (χ1v) is 7.50. The number of halogens is 4. The lowest BCUT2D eigenvalue weighted by atomic mass is 10.1. The number of aryl methyl sites for hydroxylation is 2. The highest BCUT2D eigenvalue weighted by Crippen LogP contribution is 2.28. The largest absolute Gasteiger partial charge is 0.489 e. The quantitative estimate of drug-likeness (QED) is 0.596. The average molecular weight is 406 g/mol. The van der Waals surface area contributed by atoms with E-state index >= 15 is 0 Å². The van der Waals surface area contributed by atoms with Crippen molar-refractivity contribution >= 4 is 31.9 Å². The molecule has 20 heavy (non-hydrogen) atoms. The van der Waals surface area contributed by atoms with E-state index in [1.54, 1.807) is 0 Å². The molecule has 0 radical (unpaired) electrons. The topological polar surface area (TPSA) is 9.23 Å². The molecular weight excluding hydrogens is 394 g/mol. The minimum Gasteiger partial charge on any atom is -0.489 e. The van der Waals surface area contributed by atoms with Gasteiger partial charge in [-0.1, -0.05) is 15.9 Å². The number of hydrogen-bond donors (Lipinski definition) is 0. The number of benzene rings is 2. The first-order valence-electron chi connectivity index (χ1n) is 5.92. The molecule has 0 saturated carbocycles. The molecule has 0 heterocycles. The summed E-state index contributed by atoms with van der Waals surface area (Å²) >= 11 is 6.50. The molecule has 2 rings (SSSR count). The molecule has 0 N–H and O–H groups in total. The third-order valence-corrected chi connectivity index (χ3v) is 4.80. The van der Waals surface area contributed by atoms with Crippen LogP contribution < -0.4 is 4.74 Å². The second-order valence-corrected chi connectivity index (χ2v) is 6.13. The van der Waals surface area contributed by atoms with Crippen LogP contribution in [0.15, 0.2) is 33.2 Å². The third kappa shape index (κ3) is 3.20. The monoisotopic (exact) mass is 404 g/mol. The van der Waals surface area contributed by atoms with Crippen molar-refractivity contribution in [1.82, 2.24) is 0 Å². The molecule has 1 nitrogen and oxygen atoms in total. The maximum Gasteiger partial charge on any atom is 0.146 e. The molecule has 0 aliphatic rings. The van der Waals surface area contributed by atoms with E-state index < -0.39 is 11.6 Å². The Morgan fingerprint density at radius 1 is 1.05 bits per heavy atom. The van der Waals surface area contributed by atoms with E-state index in [1.165, 1.54) is 12.1 Å².